The summed E-state index contributed by atoms with van der Waals surface area (Å²) in [4.78, 5) is 29.2. The van der Waals surface area contributed by atoms with Gasteiger partial charge in [-0.2, -0.15) is 0 Å². The molecule has 1 N–H and O–H groups in total. The van der Waals surface area contributed by atoms with Gasteiger partial charge in [0.15, 0.2) is 5.82 Å². The largest absolute Gasteiger partial charge is 0.331 e. The molecule has 2 aromatic carbocycles. The fraction of sp³-hybridized carbons (Fsp3) is 0.190. The summed E-state index contributed by atoms with van der Waals surface area (Å²) in [6, 6.07) is 16.5. The lowest BCUT2D eigenvalue weighted by Crippen LogP contribution is -2.34. The number of anilines is 1. The predicted molar refractivity (Wildman–Crippen MR) is 101 cm³/mol. The first-order valence-electron chi connectivity index (χ1n) is 8.38. The van der Waals surface area contributed by atoms with Crippen LogP contribution in [0, 0.1) is 0 Å². The number of aromatic nitrogens is 2. The van der Waals surface area contributed by atoms with Crippen molar-refractivity contribution in [3.05, 3.63) is 83.9 Å². The molecule has 1 amide bonds. The monoisotopic (exact) mass is 347 g/mol. The second kappa shape index (κ2) is 6.96. The molecule has 26 heavy (non-hydrogen) atoms. The molecular weight excluding hydrogens is 326 g/mol. The minimum Gasteiger partial charge on any atom is -0.331 e. The summed E-state index contributed by atoms with van der Waals surface area (Å²) >= 11 is 0. The first-order valence-corrected chi connectivity index (χ1v) is 8.38. The third kappa shape index (κ3) is 3.42. The van der Waals surface area contributed by atoms with Crippen LogP contribution in [0.1, 0.15) is 35.6 Å². The van der Waals surface area contributed by atoms with Crippen LogP contribution >= 0.6 is 0 Å². The summed E-state index contributed by atoms with van der Waals surface area (Å²) in [5.74, 6) is 0.124. The fourth-order valence-corrected chi connectivity index (χ4v) is 2.69. The van der Waals surface area contributed by atoms with E-state index < -0.39 is 5.41 Å². The molecule has 0 fully saturated rings. The number of amides is 1. The fourth-order valence-electron chi connectivity index (χ4n) is 2.69. The van der Waals surface area contributed by atoms with Crippen LogP contribution in [0.4, 0.5) is 5.69 Å². The van der Waals surface area contributed by atoms with Gasteiger partial charge in [0.1, 0.15) is 0 Å². The van der Waals surface area contributed by atoms with Gasteiger partial charge in [-0.25, -0.2) is 4.98 Å². The number of nitrogens with one attached hydrogen (secondary N) is 1. The number of benzene rings is 2. The topological polar surface area (TPSA) is 64.0 Å². The number of hydrogen-bond acceptors (Lipinski definition) is 3. The van der Waals surface area contributed by atoms with E-state index >= 15 is 0 Å². The standard InChI is InChI=1S/C21H21N3O2/c1-21(2,16-7-5-4-6-8-16)20(26)23-17-11-9-15(10-12-17)18(25)19-22-13-14-24(19)3/h4-14H,1-3H3,(H,23,26). The summed E-state index contributed by atoms with van der Waals surface area (Å²) in [6.07, 6.45) is 3.32. The van der Waals surface area contributed by atoms with Crippen LogP contribution in [-0.2, 0) is 17.3 Å². The van der Waals surface area contributed by atoms with Gasteiger partial charge in [-0.3, -0.25) is 9.59 Å². The van der Waals surface area contributed by atoms with Gasteiger partial charge in [0, 0.05) is 30.7 Å². The lowest BCUT2D eigenvalue weighted by Gasteiger charge is -2.24. The molecule has 0 aliphatic heterocycles. The lowest BCUT2D eigenvalue weighted by atomic mass is 9.83. The van der Waals surface area contributed by atoms with E-state index in [0.29, 0.717) is 17.1 Å². The summed E-state index contributed by atoms with van der Waals surface area (Å²) in [5, 5.41) is 2.92. The Hall–Kier alpha value is -3.21. The Morgan fingerprint density at radius 3 is 2.23 bits per heavy atom. The quantitative estimate of drug-likeness (QED) is 0.718. The Morgan fingerprint density at radius 2 is 1.65 bits per heavy atom. The molecule has 5 nitrogen and oxygen atoms in total. The van der Waals surface area contributed by atoms with Crippen molar-refractivity contribution in [1.82, 2.24) is 9.55 Å². The van der Waals surface area contributed by atoms with Crippen molar-refractivity contribution >= 4 is 17.4 Å². The number of nitrogens with zero attached hydrogens (tertiary/aromatic N) is 2. The molecule has 1 heterocycles. The molecule has 0 saturated heterocycles. The average Bonchev–Trinajstić information content (AvgIpc) is 3.08. The average molecular weight is 347 g/mol. The summed E-state index contributed by atoms with van der Waals surface area (Å²) in [6.45, 7) is 3.77. The molecular formula is C21H21N3O2. The van der Waals surface area contributed by atoms with E-state index in [4.69, 9.17) is 0 Å². The normalized spacial score (nSPS) is 11.2. The second-order valence-corrected chi connectivity index (χ2v) is 6.71. The van der Waals surface area contributed by atoms with E-state index in [1.165, 1.54) is 0 Å². The second-order valence-electron chi connectivity index (χ2n) is 6.71. The van der Waals surface area contributed by atoms with Crippen molar-refractivity contribution in [2.75, 3.05) is 5.32 Å². The highest BCUT2D eigenvalue weighted by Gasteiger charge is 2.29. The molecule has 1 aromatic heterocycles. The van der Waals surface area contributed by atoms with E-state index in [0.717, 1.165) is 5.56 Å². The highest BCUT2D eigenvalue weighted by atomic mass is 16.2. The Labute approximate surface area is 152 Å². The summed E-state index contributed by atoms with van der Waals surface area (Å²) in [7, 11) is 1.78. The number of rotatable bonds is 5. The zero-order chi connectivity index (χ0) is 18.7. The Kier molecular flexibility index (Phi) is 4.71. The lowest BCUT2D eigenvalue weighted by molar-refractivity contribution is -0.120. The number of imidazole rings is 1. The Bertz CT molecular complexity index is 925. The third-order valence-electron chi connectivity index (χ3n) is 4.49. The third-order valence-corrected chi connectivity index (χ3v) is 4.49. The molecule has 0 radical (unpaired) electrons. The maximum absolute atomic E-state index is 12.7. The molecule has 0 aliphatic rings. The van der Waals surface area contributed by atoms with Crippen LogP contribution in [0.2, 0.25) is 0 Å². The van der Waals surface area contributed by atoms with E-state index in [1.807, 2.05) is 44.2 Å². The van der Waals surface area contributed by atoms with Crippen molar-refractivity contribution in [2.45, 2.75) is 19.3 Å². The molecule has 3 aromatic rings. The van der Waals surface area contributed by atoms with Crippen LogP contribution in [0.3, 0.4) is 0 Å². The molecule has 0 unspecified atom stereocenters. The number of carbonyl (C=O) groups excluding carboxylic acids is 2. The van der Waals surface area contributed by atoms with E-state index in [9.17, 15) is 9.59 Å². The minimum atomic E-state index is -0.664. The van der Waals surface area contributed by atoms with Gasteiger partial charge < -0.3 is 9.88 Å². The maximum atomic E-state index is 12.7. The van der Waals surface area contributed by atoms with Gasteiger partial charge in [-0.1, -0.05) is 30.3 Å². The molecule has 132 valence electrons. The number of aryl methyl sites for hydroxylation is 1. The first-order chi connectivity index (χ1) is 12.4. The van der Waals surface area contributed by atoms with Crippen LogP contribution in [0.25, 0.3) is 0 Å². The van der Waals surface area contributed by atoms with Crippen molar-refractivity contribution in [3.8, 4) is 0 Å². The number of hydrogen-bond donors (Lipinski definition) is 1. The van der Waals surface area contributed by atoms with Gasteiger partial charge in [-0.05, 0) is 43.7 Å². The van der Waals surface area contributed by atoms with E-state index in [1.54, 1.807) is 48.3 Å². The van der Waals surface area contributed by atoms with E-state index in [-0.39, 0.29) is 11.7 Å². The minimum absolute atomic E-state index is 0.105. The van der Waals surface area contributed by atoms with Crippen molar-refractivity contribution in [3.63, 3.8) is 0 Å². The number of ketones is 1. The highest BCUT2D eigenvalue weighted by molar-refractivity contribution is 6.07. The van der Waals surface area contributed by atoms with Gasteiger partial charge in [0.25, 0.3) is 0 Å². The van der Waals surface area contributed by atoms with Crippen molar-refractivity contribution in [1.29, 1.82) is 0 Å². The highest BCUT2D eigenvalue weighted by Crippen LogP contribution is 2.25. The Balaban J connectivity index is 1.74. The summed E-state index contributed by atoms with van der Waals surface area (Å²) < 4.78 is 1.68. The van der Waals surface area contributed by atoms with Crippen LogP contribution in [0.5, 0.6) is 0 Å². The molecule has 5 heteroatoms. The van der Waals surface area contributed by atoms with Crippen LogP contribution in [-0.4, -0.2) is 21.2 Å². The van der Waals surface area contributed by atoms with Gasteiger partial charge in [0.2, 0.25) is 11.7 Å². The maximum Gasteiger partial charge on any atom is 0.234 e. The predicted octanol–water partition coefficient (Wildman–Crippen LogP) is 3.57. The van der Waals surface area contributed by atoms with Gasteiger partial charge >= 0.3 is 0 Å². The van der Waals surface area contributed by atoms with Crippen molar-refractivity contribution < 1.29 is 9.59 Å². The Morgan fingerprint density at radius 1 is 1.00 bits per heavy atom. The molecule has 0 saturated carbocycles. The molecule has 0 aliphatic carbocycles. The van der Waals surface area contributed by atoms with Gasteiger partial charge in [-0.15, -0.1) is 0 Å². The molecule has 3 rings (SSSR count). The SMILES string of the molecule is Cn1ccnc1C(=O)c1ccc(NC(=O)C(C)(C)c2ccccc2)cc1. The van der Waals surface area contributed by atoms with Gasteiger partial charge in [0.05, 0.1) is 5.41 Å². The van der Waals surface area contributed by atoms with Crippen molar-refractivity contribution in [2.24, 2.45) is 7.05 Å². The molecule has 0 bridgehead atoms. The first kappa shape index (κ1) is 17.6. The van der Waals surface area contributed by atoms with E-state index in [2.05, 4.69) is 10.3 Å². The number of carbonyl (C=O) groups is 2. The summed E-state index contributed by atoms with van der Waals surface area (Å²) in [5.41, 5.74) is 1.46. The zero-order valence-corrected chi connectivity index (χ0v) is 15.1. The molecule has 0 spiro atoms. The molecule has 0 atom stereocenters. The smallest absolute Gasteiger partial charge is 0.234 e. The van der Waals surface area contributed by atoms with Crippen LogP contribution < -0.4 is 5.32 Å². The van der Waals surface area contributed by atoms with Crippen LogP contribution in [0.15, 0.2) is 67.0 Å². The zero-order valence-electron chi connectivity index (χ0n) is 15.1.